The van der Waals surface area contributed by atoms with Crippen LogP contribution in [0.15, 0.2) is 16.6 Å². The van der Waals surface area contributed by atoms with Crippen molar-refractivity contribution in [3.63, 3.8) is 0 Å². The van der Waals surface area contributed by atoms with E-state index in [1.807, 2.05) is 19.1 Å². The van der Waals surface area contributed by atoms with Gasteiger partial charge in [0.15, 0.2) is 15.7 Å². The van der Waals surface area contributed by atoms with Crippen molar-refractivity contribution in [2.45, 2.75) is 19.4 Å². The van der Waals surface area contributed by atoms with Gasteiger partial charge in [0.05, 0.1) is 17.5 Å². The van der Waals surface area contributed by atoms with Crippen LogP contribution < -0.4 is 5.73 Å². The summed E-state index contributed by atoms with van der Waals surface area (Å²) in [6.07, 6.45) is 0.531. The third-order valence-corrected chi connectivity index (χ3v) is 5.91. The van der Waals surface area contributed by atoms with Crippen molar-refractivity contribution in [2.75, 3.05) is 17.2 Å². The van der Waals surface area contributed by atoms with Gasteiger partial charge in [-0.25, -0.2) is 13.1 Å². The van der Waals surface area contributed by atoms with E-state index in [9.17, 15) is 8.42 Å². The molecule has 1 aliphatic rings. The molecule has 0 amide bonds. The number of nitrogen functional groups attached to an aromatic ring is 1. The Kier molecular flexibility index (Phi) is 3.48. The summed E-state index contributed by atoms with van der Waals surface area (Å²) in [6.45, 7) is 1.89. The maximum Gasteiger partial charge on any atom is 0.182 e. The number of hydrogen-bond acceptors (Lipinski definition) is 6. The summed E-state index contributed by atoms with van der Waals surface area (Å²) in [5.74, 6) is 0.798. The largest absolute Gasteiger partial charge is 0.398 e. The Morgan fingerprint density at radius 2 is 2.19 bits per heavy atom. The van der Waals surface area contributed by atoms with E-state index in [0.717, 1.165) is 15.6 Å². The molecule has 0 bridgehead atoms. The lowest BCUT2D eigenvalue weighted by Crippen LogP contribution is -2.14. The molecule has 2 aromatic rings. The van der Waals surface area contributed by atoms with E-state index < -0.39 is 9.84 Å². The van der Waals surface area contributed by atoms with Crippen LogP contribution in [0.1, 0.15) is 18.0 Å². The standard InChI is InChI=1S/C12H14BrN5O2S/c1-7-10(4-8(13)5-11(7)14)12-15-16-17-18(12)9-2-3-21(19,20)6-9/h4-5,9H,2-3,6,14H2,1H3. The number of sulfone groups is 1. The number of hydrogen-bond donors (Lipinski definition) is 1. The van der Waals surface area contributed by atoms with Crippen molar-refractivity contribution in [1.82, 2.24) is 20.2 Å². The van der Waals surface area contributed by atoms with Gasteiger partial charge in [0.25, 0.3) is 0 Å². The lowest BCUT2D eigenvalue weighted by Gasteiger charge is -2.13. The minimum atomic E-state index is -3.00. The number of halogens is 1. The van der Waals surface area contributed by atoms with Crippen LogP contribution in [0.3, 0.4) is 0 Å². The van der Waals surface area contributed by atoms with Crippen LogP contribution in [0.4, 0.5) is 5.69 Å². The third kappa shape index (κ3) is 2.67. The number of aromatic nitrogens is 4. The summed E-state index contributed by atoms with van der Waals surface area (Å²) in [6, 6.07) is 3.48. The Bertz CT molecular complexity index is 802. The molecule has 1 fully saturated rings. The molecule has 2 heterocycles. The molecule has 21 heavy (non-hydrogen) atoms. The van der Waals surface area contributed by atoms with Gasteiger partial charge in [0.2, 0.25) is 0 Å². The minimum Gasteiger partial charge on any atom is -0.398 e. The average Bonchev–Trinajstić information content (AvgIpc) is 2.99. The zero-order chi connectivity index (χ0) is 15.2. The first-order valence-corrected chi connectivity index (χ1v) is 9.03. The summed E-state index contributed by atoms with van der Waals surface area (Å²) in [5, 5.41) is 11.7. The topological polar surface area (TPSA) is 104 Å². The van der Waals surface area contributed by atoms with Gasteiger partial charge in [-0.2, -0.15) is 0 Å². The quantitative estimate of drug-likeness (QED) is 0.799. The van der Waals surface area contributed by atoms with Crippen LogP contribution in [-0.4, -0.2) is 40.1 Å². The van der Waals surface area contributed by atoms with Crippen LogP contribution in [0.5, 0.6) is 0 Å². The number of rotatable bonds is 2. The Labute approximate surface area is 130 Å². The molecular formula is C12H14BrN5O2S. The van der Waals surface area contributed by atoms with E-state index in [0.29, 0.717) is 17.9 Å². The fourth-order valence-corrected chi connectivity index (χ4v) is 4.69. The Hall–Kier alpha value is -1.48. The fourth-order valence-electron chi connectivity index (χ4n) is 2.52. The van der Waals surface area contributed by atoms with Gasteiger partial charge in [0, 0.05) is 15.7 Å². The average molecular weight is 372 g/mol. The molecule has 3 rings (SSSR count). The normalized spacial score (nSPS) is 20.8. The zero-order valence-corrected chi connectivity index (χ0v) is 13.7. The summed E-state index contributed by atoms with van der Waals surface area (Å²) in [7, 11) is -3.00. The molecule has 0 aliphatic carbocycles. The van der Waals surface area contributed by atoms with E-state index in [1.54, 1.807) is 4.68 Å². The van der Waals surface area contributed by atoms with Crippen LogP contribution in [0, 0.1) is 6.92 Å². The molecule has 1 aliphatic heterocycles. The highest BCUT2D eigenvalue weighted by molar-refractivity contribution is 9.10. The van der Waals surface area contributed by atoms with Crippen LogP contribution in [0.2, 0.25) is 0 Å². The lowest BCUT2D eigenvalue weighted by atomic mass is 10.1. The first kappa shape index (κ1) is 14.5. The van der Waals surface area contributed by atoms with Crippen molar-refractivity contribution >= 4 is 31.5 Å². The molecule has 0 saturated carbocycles. The Balaban J connectivity index is 2.08. The SMILES string of the molecule is Cc1c(N)cc(Br)cc1-c1nnnn1C1CCS(=O)(=O)C1. The molecule has 1 aromatic heterocycles. The number of nitrogens with two attached hydrogens (primary N) is 1. The molecule has 0 radical (unpaired) electrons. The van der Waals surface area contributed by atoms with E-state index in [4.69, 9.17) is 5.73 Å². The molecule has 1 aromatic carbocycles. The van der Waals surface area contributed by atoms with Crippen molar-refractivity contribution in [1.29, 1.82) is 0 Å². The van der Waals surface area contributed by atoms with E-state index in [2.05, 4.69) is 31.5 Å². The number of tetrazole rings is 1. The Morgan fingerprint density at radius 1 is 1.43 bits per heavy atom. The molecule has 2 N–H and O–H groups in total. The van der Waals surface area contributed by atoms with Gasteiger partial charge < -0.3 is 5.73 Å². The van der Waals surface area contributed by atoms with E-state index in [1.165, 1.54) is 0 Å². The molecular weight excluding hydrogens is 358 g/mol. The number of nitrogens with zero attached hydrogens (tertiary/aromatic N) is 4. The van der Waals surface area contributed by atoms with Crippen molar-refractivity contribution < 1.29 is 8.42 Å². The molecule has 7 nitrogen and oxygen atoms in total. The molecule has 9 heteroatoms. The van der Waals surface area contributed by atoms with Gasteiger partial charge in [0.1, 0.15) is 0 Å². The van der Waals surface area contributed by atoms with Gasteiger partial charge in [-0.05, 0) is 41.5 Å². The van der Waals surface area contributed by atoms with Gasteiger partial charge in [-0.3, -0.25) is 0 Å². The van der Waals surface area contributed by atoms with E-state index >= 15 is 0 Å². The highest BCUT2D eigenvalue weighted by atomic mass is 79.9. The maximum atomic E-state index is 11.6. The second-order valence-corrected chi connectivity index (χ2v) is 8.32. The predicted octanol–water partition coefficient (Wildman–Crippen LogP) is 1.35. The summed E-state index contributed by atoms with van der Waals surface area (Å²) in [5.41, 5.74) is 8.28. The maximum absolute atomic E-state index is 11.6. The summed E-state index contributed by atoms with van der Waals surface area (Å²) >= 11 is 3.41. The summed E-state index contributed by atoms with van der Waals surface area (Å²) in [4.78, 5) is 0. The Morgan fingerprint density at radius 3 is 2.86 bits per heavy atom. The molecule has 1 unspecified atom stereocenters. The summed E-state index contributed by atoms with van der Waals surface area (Å²) < 4.78 is 25.7. The molecule has 112 valence electrons. The van der Waals surface area contributed by atoms with Crippen LogP contribution >= 0.6 is 15.9 Å². The molecule has 1 atom stereocenters. The first-order valence-electron chi connectivity index (χ1n) is 6.41. The fraction of sp³-hybridized carbons (Fsp3) is 0.417. The first-order chi connectivity index (χ1) is 9.87. The number of anilines is 1. The second kappa shape index (κ2) is 5.06. The monoisotopic (exact) mass is 371 g/mol. The van der Waals surface area contributed by atoms with E-state index in [-0.39, 0.29) is 17.5 Å². The van der Waals surface area contributed by atoms with Crippen molar-refractivity contribution in [3.8, 4) is 11.4 Å². The van der Waals surface area contributed by atoms with Crippen LogP contribution in [0.25, 0.3) is 11.4 Å². The smallest absolute Gasteiger partial charge is 0.182 e. The van der Waals surface area contributed by atoms with Gasteiger partial charge >= 0.3 is 0 Å². The van der Waals surface area contributed by atoms with Gasteiger partial charge in [-0.1, -0.05) is 15.9 Å². The van der Waals surface area contributed by atoms with Crippen molar-refractivity contribution in [3.05, 3.63) is 22.2 Å². The van der Waals surface area contributed by atoms with Crippen LogP contribution in [-0.2, 0) is 9.84 Å². The van der Waals surface area contributed by atoms with Gasteiger partial charge in [-0.15, -0.1) is 5.10 Å². The minimum absolute atomic E-state index is 0.0770. The zero-order valence-electron chi connectivity index (χ0n) is 11.3. The molecule has 0 spiro atoms. The lowest BCUT2D eigenvalue weighted by molar-refractivity contribution is 0.489. The molecule has 1 saturated heterocycles. The number of benzene rings is 1. The predicted molar refractivity (Wildman–Crippen MR) is 82.4 cm³/mol. The third-order valence-electron chi connectivity index (χ3n) is 3.70. The highest BCUT2D eigenvalue weighted by Crippen LogP contribution is 2.32. The van der Waals surface area contributed by atoms with Crippen molar-refractivity contribution in [2.24, 2.45) is 0 Å². The second-order valence-electron chi connectivity index (χ2n) is 5.17. The highest BCUT2D eigenvalue weighted by Gasteiger charge is 2.32.